The van der Waals surface area contributed by atoms with Crippen molar-refractivity contribution in [1.29, 1.82) is 0 Å². The van der Waals surface area contributed by atoms with Crippen LogP contribution < -0.4 is 10.6 Å². The normalized spacial score (nSPS) is 24.8. The van der Waals surface area contributed by atoms with E-state index < -0.39 is 0 Å². The summed E-state index contributed by atoms with van der Waals surface area (Å²) < 4.78 is 12.8. The van der Waals surface area contributed by atoms with E-state index in [1.165, 1.54) is 12.1 Å². The molecule has 0 aromatic heterocycles. The highest BCUT2D eigenvalue weighted by Crippen LogP contribution is 2.18. The summed E-state index contributed by atoms with van der Waals surface area (Å²) in [7, 11) is 0. The molecule has 2 unspecified atom stereocenters. The van der Waals surface area contributed by atoms with Gasteiger partial charge in [-0.2, -0.15) is 0 Å². The molecule has 2 rings (SSSR count). The number of halogens is 1. The van der Waals surface area contributed by atoms with Crippen molar-refractivity contribution in [2.75, 3.05) is 6.54 Å². The molecule has 1 aliphatic rings. The van der Waals surface area contributed by atoms with Crippen molar-refractivity contribution in [2.45, 2.75) is 32.4 Å². The van der Waals surface area contributed by atoms with Gasteiger partial charge in [0.1, 0.15) is 5.82 Å². The van der Waals surface area contributed by atoms with Crippen LogP contribution in [0.4, 0.5) is 4.39 Å². The highest BCUT2D eigenvalue weighted by Gasteiger charge is 2.29. The van der Waals surface area contributed by atoms with E-state index in [9.17, 15) is 9.18 Å². The molecule has 0 saturated carbocycles. The van der Waals surface area contributed by atoms with Crippen LogP contribution in [0, 0.1) is 11.7 Å². The summed E-state index contributed by atoms with van der Waals surface area (Å²) in [6.07, 6.45) is 0.878. The number of hydrogen-bond donors (Lipinski definition) is 2. The minimum atomic E-state index is -0.258. The third-order valence-corrected chi connectivity index (χ3v) is 3.59. The Morgan fingerprint density at radius 3 is 2.67 bits per heavy atom. The Morgan fingerprint density at radius 2 is 2.11 bits per heavy atom. The summed E-state index contributed by atoms with van der Waals surface area (Å²) in [5, 5.41) is 6.25. The Balaban J connectivity index is 1.96. The fraction of sp³-hybridized carbons (Fsp3) is 0.500. The van der Waals surface area contributed by atoms with Crippen molar-refractivity contribution < 1.29 is 9.18 Å². The van der Waals surface area contributed by atoms with Crippen LogP contribution in [0.1, 0.15) is 31.9 Å². The lowest BCUT2D eigenvalue weighted by atomic mass is 10.00. The van der Waals surface area contributed by atoms with E-state index in [1.807, 2.05) is 13.8 Å². The summed E-state index contributed by atoms with van der Waals surface area (Å²) in [4.78, 5) is 12.1. The summed E-state index contributed by atoms with van der Waals surface area (Å²) in [6, 6.07) is 6.37. The zero-order valence-electron chi connectivity index (χ0n) is 10.7. The number of nitrogens with one attached hydrogen (secondary N) is 2. The molecule has 0 radical (unpaired) electrons. The van der Waals surface area contributed by atoms with Gasteiger partial charge >= 0.3 is 0 Å². The molecule has 1 aromatic rings. The monoisotopic (exact) mass is 250 g/mol. The van der Waals surface area contributed by atoms with Crippen LogP contribution in [0.2, 0.25) is 0 Å². The first-order valence-corrected chi connectivity index (χ1v) is 6.37. The Bertz CT molecular complexity index is 418. The first-order chi connectivity index (χ1) is 8.58. The fourth-order valence-electron chi connectivity index (χ4n) is 2.37. The summed E-state index contributed by atoms with van der Waals surface area (Å²) in [5.41, 5.74) is 0.920. The van der Waals surface area contributed by atoms with Gasteiger partial charge in [-0.25, -0.2) is 4.39 Å². The molecular weight excluding hydrogens is 231 g/mol. The Morgan fingerprint density at radius 1 is 1.44 bits per heavy atom. The number of hydrogen-bond acceptors (Lipinski definition) is 2. The van der Waals surface area contributed by atoms with Crippen molar-refractivity contribution in [3.8, 4) is 0 Å². The Labute approximate surface area is 107 Å². The lowest BCUT2D eigenvalue weighted by Crippen LogP contribution is -2.37. The highest BCUT2D eigenvalue weighted by molar-refractivity contribution is 5.80. The molecule has 1 aromatic carbocycles. The quantitative estimate of drug-likeness (QED) is 0.861. The number of amides is 1. The molecule has 1 heterocycles. The molecule has 1 saturated heterocycles. The summed E-state index contributed by atoms with van der Waals surface area (Å²) >= 11 is 0. The largest absolute Gasteiger partial charge is 0.349 e. The van der Waals surface area contributed by atoms with E-state index in [4.69, 9.17) is 0 Å². The SMILES string of the molecule is CC1NCCC1C(=O)N[C@H](C)c1ccc(F)cc1. The molecule has 1 amide bonds. The molecule has 98 valence electrons. The van der Waals surface area contributed by atoms with Gasteiger partial charge in [-0.15, -0.1) is 0 Å². The topological polar surface area (TPSA) is 41.1 Å². The zero-order chi connectivity index (χ0) is 13.1. The van der Waals surface area contributed by atoms with E-state index >= 15 is 0 Å². The van der Waals surface area contributed by atoms with Crippen molar-refractivity contribution in [2.24, 2.45) is 5.92 Å². The van der Waals surface area contributed by atoms with Crippen molar-refractivity contribution >= 4 is 5.91 Å². The van der Waals surface area contributed by atoms with Gasteiger partial charge in [-0.1, -0.05) is 12.1 Å². The van der Waals surface area contributed by atoms with Crippen LogP contribution in [0.3, 0.4) is 0 Å². The van der Waals surface area contributed by atoms with Crippen LogP contribution in [0.5, 0.6) is 0 Å². The van der Waals surface area contributed by atoms with Crippen LogP contribution in [0.25, 0.3) is 0 Å². The van der Waals surface area contributed by atoms with Gasteiger partial charge < -0.3 is 10.6 Å². The van der Waals surface area contributed by atoms with Gasteiger partial charge in [0.2, 0.25) is 5.91 Å². The third-order valence-electron chi connectivity index (χ3n) is 3.59. The molecule has 1 aliphatic heterocycles. The Hall–Kier alpha value is -1.42. The van der Waals surface area contributed by atoms with E-state index in [0.29, 0.717) is 0 Å². The molecule has 3 atom stereocenters. The molecule has 1 fully saturated rings. The van der Waals surface area contributed by atoms with Gasteiger partial charge in [0, 0.05) is 6.04 Å². The van der Waals surface area contributed by atoms with Crippen LogP contribution in [-0.4, -0.2) is 18.5 Å². The van der Waals surface area contributed by atoms with Crippen LogP contribution >= 0.6 is 0 Å². The van der Waals surface area contributed by atoms with Crippen molar-refractivity contribution in [1.82, 2.24) is 10.6 Å². The van der Waals surface area contributed by atoms with E-state index in [1.54, 1.807) is 12.1 Å². The predicted molar refractivity (Wildman–Crippen MR) is 68.5 cm³/mol. The maximum atomic E-state index is 12.8. The van der Waals surface area contributed by atoms with E-state index in [0.717, 1.165) is 18.5 Å². The second-order valence-corrected chi connectivity index (χ2v) is 4.92. The second kappa shape index (κ2) is 5.48. The minimum Gasteiger partial charge on any atom is -0.349 e. The lowest BCUT2D eigenvalue weighted by Gasteiger charge is -2.19. The smallest absolute Gasteiger partial charge is 0.225 e. The molecule has 3 nitrogen and oxygen atoms in total. The van der Waals surface area contributed by atoms with Gasteiger partial charge in [0.05, 0.1) is 12.0 Å². The highest BCUT2D eigenvalue weighted by atomic mass is 19.1. The minimum absolute atomic E-state index is 0.0351. The van der Waals surface area contributed by atoms with Crippen LogP contribution in [-0.2, 0) is 4.79 Å². The van der Waals surface area contributed by atoms with Gasteiger partial charge in [-0.3, -0.25) is 4.79 Å². The number of carbonyl (C=O) groups is 1. The van der Waals surface area contributed by atoms with Gasteiger partial charge in [-0.05, 0) is 44.5 Å². The van der Waals surface area contributed by atoms with Crippen molar-refractivity contribution in [3.63, 3.8) is 0 Å². The third kappa shape index (κ3) is 2.88. The van der Waals surface area contributed by atoms with Gasteiger partial charge in [0.15, 0.2) is 0 Å². The average Bonchev–Trinajstić information content (AvgIpc) is 2.76. The van der Waals surface area contributed by atoms with Crippen molar-refractivity contribution in [3.05, 3.63) is 35.6 Å². The van der Waals surface area contributed by atoms with E-state index in [-0.39, 0.29) is 29.7 Å². The molecule has 0 bridgehead atoms. The molecule has 0 aliphatic carbocycles. The maximum absolute atomic E-state index is 12.8. The summed E-state index contributed by atoms with van der Waals surface area (Å²) in [6.45, 7) is 4.84. The fourth-order valence-corrected chi connectivity index (χ4v) is 2.37. The first kappa shape index (κ1) is 13.0. The first-order valence-electron chi connectivity index (χ1n) is 6.37. The zero-order valence-corrected chi connectivity index (χ0v) is 10.7. The standard InChI is InChI=1S/C14H19FN2O/c1-9(11-3-5-12(15)6-4-11)17-14(18)13-7-8-16-10(13)2/h3-6,9-10,13,16H,7-8H2,1-2H3,(H,17,18)/t9-,10?,13?/m1/s1. The van der Waals surface area contributed by atoms with Crippen LogP contribution in [0.15, 0.2) is 24.3 Å². The molecule has 18 heavy (non-hydrogen) atoms. The molecule has 0 spiro atoms. The second-order valence-electron chi connectivity index (χ2n) is 4.92. The number of carbonyl (C=O) groups excluding carboxylic acids is 1. The number of rotatable bonds is 3. The van der Waals surface area contributed by atoms with E-state index in [2.05, 4.69) is 10.6 Å². The predicted octanol–water partition coefficient (Wildman–Crippen LogP) is 2.00. The number of benzene rings is 1. The maximum Gasteiger partial charge on any atom is 0.225 e. The average molecular weight is 250 g/mol. The van der Waals surface area contributed by atoms with Gasteiger partial charge in [0.25, 0.3) is 0 Å². The lowest BCUT2D eigenvalue weighted by molar-refractivity contribution is -0.125. The Kier molecular flexibility index (Phi) is 3.97. The molecule has 2 N–H and O–H groups in total. The molecular formula is C14H19FN2O. The molecule has 4 heteroatoms. The summed E-state index contributed by atoms with van der Waals surface area (Å²) in [5.74, 6) is -0.150.